The molecule has 0 aromatic carbocycles. The summed E-state index contributed by atoms with van der Waals surface area (Å²) in [7, 11) is 0.688. The van der Waals surface area contributed by atoms with Crippen LogP contribution in [0.2, 0.25) is 0 Å². The molecular formula is C14H22NOP. The van der Waals surface area contributed by atoms with Gasteiger partial charge in [0.25, 0.3) is 5.91 Å². The number of carbonyl (C=O) groups is 1. The highest BCUT2D eigenvalue weighted by Crippen LogP contribution is 2.23. The van der Waals surface area contributed by atoms with Crippen LogP contribution in [-0.2, 0) is 4.79 Å². The first-order valence-electron chi connectivity index (χ1n) is 5.92. The molecule has 2 nitrogen and oxygen atoms in total. The highest BCUT2D eigenvalue weighted by molar-refractivity contribution is 7.29. The largest absolute Gasteiger partial charge is 0.321 e. The molecule has 94 valence electrons. The van der Waals surface area contributed by atoms with Gasteiger partial charge >= 0.3 is 0 Å². The molecule has 0 bridgehead atoms. The van der Waals surface area contributed by atoms with Crippen molar-refractivity contribution in [3.8, 4) is 0 Å². The molecule has 1 N–H and O–H groups in total. The van der Waals surface area contributed by atoms with Gasteiger partial charge in [0.05, 0.1) is 0 Å². The molecule has 0 saturated carbocycles. The van der Waals surface area contributed by atoms with Crippen molar-refractivity contribution in [3.63, 3.8) is 0 Å². The Balaban J connectivity index is 0.00000121. The maximum Gasteiger partial charge on any atom is 0.255 e. The standard InChI is InChI=1S/C12H16NOP.C2H6/c1-4-6-10(5-2)12(14)13-11-8-15-7-9(11)3;1-2/h4-8,15H,1-3H3,(H,13,14);1-2H3/b6-4-,10-5+;. The second-order valence-electron chi connectivity index (χ2n) is 3.25. The van der Waals surface area contributed by atoms with Crippen LogP contribution in [0.25, 0.3) is 0 Å². The van der Waals surface area contributed by atoms with Crippen LogP contribution in [0.1, 0.15) is 33.3 Å². The molecule has 3 heteroatoms. The Hall–Kier alpha value is -1.27. The van der Waals surface area contributed by atoms with Crippen molar-refractivity contribution in [1.29, 1.82) is 0 Å². The van der Waals surface area contributed by atoms with Crippen LogP contribution in [0, 0.1) is 6.92 Å². The lowest BCUT2D eigenvalue weighted by atomic mass is 10.2. The quantitative estimate of drug-likeness (QED) is 0.621. The number of allylic oxidation sites excluding steroid dienone is 2. The van der Waals surface area contributed by atoms with E-state index in [9.17, 15) is 4.79 Å². The van der Waals surface area contributed by atoms with E-state index in [2.05, 4.69) is 16.9 Å². The lowest BCUT2D eigenvalue weighted by Gasteiger charge is -2.04. The molecule has 1 amide bonds. The number of rotatable bonds is 3. The number of amides is 1. The van der Waals surface area contributed by atoms with Crippen molar-refractivity contribution < 1.29 is 4.79 Å². The number of nitrogens with one attached hydrogen (secondary N) is 1. The molecular weight excluding hydrogens is 229 g/mol. The van der Waals surface area contributed by atoms with E-state index in [1.807, 2.05) is 52.8 Å². The van der Waals surface area contributed by atoms with Crippen molar-refractivity contribution in [1.82, 2.24) is 0 Å². The van der Waals surface area contributed by atoms with Crippen LogP contribution >= 0.6 is 8.19 Å². The number of anilines is 1. The maximum absolute atomic E-state index is 11.8. The van der Waals surface area contributed by atoms with Gasteiger partial charge in [-0.3, -0.25) is 4.79 Å². The summed E-state index contributed by atoms with van der Waals surface area (Å²) in [6.45, 7) is 9.78. The minimum atomic E-state index is -0.0405. The van der Waals surface area contributed by atoms with Gasteiger partial charge in [0, 0.05) is 11.3 Å². The van der Waals surface area contributed by atoms with Crippen molar-refractivity contribution in [2.75, 3.05) is 5.32 Å². The van der Waals surface area contributed by atoms with Gasteiger partial charge < -0.3 is 5.32 Å². The molecule has 1 heterocycles. The van der Waals surface area contributed by atoms with Gasteiger partial charge in [-0.05, 0) is 37.9 Å². The van der Waals surface area contributed by atoms with Crippen molar-refractivity contribution in [2.24, 2.45) is 0 Å². The van der Waals surface area contributed by atoms with E-state index in [-0.39, 0.29) is 5.91 Å². The second kappa shape index (κ2) is 8.83. The van der Waals surface area contributed by atoms with Crippen molar-refractivity contribution >= 4 is 19.8 Å². The molecule has 0 aliphatic rings. The molecule has 1 aromatic rings. The Morgan fingerprint density at radius 2 is 1.94 bits per heavy atom. The predicted octanol–water partition coefficient (Wildman–Crippen LogP) is 4.51. The zero-order valence-corrected chi connectivity index (χ0v) is 12.3. The molecule has 1 atom stereocenters. The minimum Gasteiger partial charge on any atom is -0.321 e. The van der Waals surface area contributed by atoms with Gasteiger partial charge in [-0.1, -0.05) is 32.1 Å². The van der Waals surface area contributed by atoms with Crippen molar-refractivity contribution in [3.05, 3.63) is 41.0 Å². The molecule has 17 heavy (non-hydrogen) atoms. The van der Waals surface area contributed by atoms with E-state index < -0.39 is 0 Å². The summed E-state index contributed by atoms with van der Waals surface area (Å²) in [5, 5.41) is 2.91. The van der Waals surface area contributed by atoms with E-state index in [0.29, 0.717) is 13.8 Å². The monoisotopic (exact) mass is 251 g/mol. The van der Waals surface area contributed by atoms with Crippen LogP contribution < -0.4 is 5.32 Å². The summed E-state index contributed by atoms with van der Waals surface area (Å²) >= 11 is 0. The summed E-state index contributed by atoms with van der Waals surface area (Å²) in [5.74, 6) is 4.14. The van der Waals surface area contributed by atoms with Gasteiger partial charge in [0.15, 0.2) is 0 Å². The minimum absolute atomic E-state index is 0.0405. The Kier molecular flexibility index (Phi) is 8.17. The third-order valence-electron chi connectivity index (χ3n) is 2.12. The van der Waals surface area contributed by atoms with E-state index in [1.54, 1.807) is 0 Å². The summed E-state index contributed by atoms with van der Waals surface area (Å²) in [4.78, 5) is 11.8. The molecule has 0 saturated heterocycles. The average molecular weight is 251 g/mol. The molecule has 0 spiro atoms. The fraction of sp³-hybridized carbons (Fsp3) is 0.357. The normalized spacial score (nSPS) is 11.5. The molecule has 0 aliphatic carbocycles. The van der Waals surface area contributed by atoms with Crippen LogP contribution in [0.4, 0.5) is 5.69 Å². The van der Waals surface area contributed by atoms with Crippen LogP contribution in [0.3, 0.4) is 0 Å². The summed E-state index contributed by atoms with van der Waals surface area (Å²) in [6, 6.07) is 0. The maximum atomic E-state index is 11.8. The molecule has 0 aliphatic heterocycles. The summed E-state index contributed by atoms with van der Waals surface area (Å²) in [6.07, 6.45) is 5.49. The van der Waals surface area contributed by atoms with Crippen molar-refractivity contribution in [2.45, 2.75) is 34.6 Å². The van der Waals surface area contributed by atoms with Gasteiger partial charge in [-0.15, -0.1) is 8.19 Å². The first kappa shape index (κ1) is 15.7. The first-order chi connectivity index (χ1) is 8.19. The van der Waals surface area contributed by atoms with E-state index >= 15 is 0 Å². The predicted molar refractivity (Wildman–Crippen MR) is 79.2 cm³/mol. The number of carbonyl (C=O) groups excluding carboxylic acids is 1. The summed E-state index contributed by atoms with van der Waals surface area (Å²) in [5.41, 5.74) is 2.79. The molecule has 0 radical (unpaired) electrons. The Labute approximate surface area is 106 Å². The Bertz CT molecular complexity index is 402. The van der Waals surface area contributed by atoms with E-state index in [0.717, 1.165) is 11.3 Å². The van der Waals surface area contributed by atoms with Gasteiger partial charge in [-0.25, -0.2) is 0 Å². The third-order valence-corrected chi connectivity index (χ3v) is 3.17. The molecule has 1 aromatic heterocycles. The summed E-state index contributed by atoms with van der Waals surface area (Å²) < 4.78 is 0. The SMILES string of the molecule is C/C=C\C(=C/C)C(=O)Nc1c[pH]cc1C.CC. The van der Waals surface area contributed by atoms with Crippen LogP contribution in [0.15, 0.2) is 35.4 Å². The molecule has 1 unspecified atom stereocenters. The second-order valence-corrected chi connectivity index (χ2v) is 4.16. The van der Waals surface area contributed by atoms with Crippen LogP contribution in [0.5, 0.6) is 0 Å². The highest BCUT2D eigenvalue weighted by Gasteiger charge is 2.07. The lowest BCUT2D eigenvalue weighted by Crippen LogP contribution is -2.13. The number of aryl methyl sites for hydroxylation is 1. The van der Waals surface area contributed by atoms with Gasteiger partial charge in [0.2, 0.25) is 0 Å². The van der Waals surface area contributed by atoms with E-state index in [4.69, 9.17) is 0 Å². The van der Waals surface area contributed by atoms with Gasteiger partial charge in [0.1, 0.15) is 0 Å². The third kappa shape index (κ3) is 5.06. The average Bonchev–Trinajstić information content (AvgIpc) is 2.74. The smallest absolute Gasteiger partial charge is 0.255 e. The Morgan fingerprint density at radius 3 is 2.35 bits per heavy atom. The zero-order chi connectivity index (χ0) is 13.3. The van der Waals surface area contributed by atoms with Crippen LogP contribution in [-0.4, -0.2) is 5.91 Å². The zero-order valence-electron chi connectivity index (χ0n) is 11.3. The fourth-order valence-electron chi connectivity index (χ4n) is 1.25. The first-order valence-corrected chi connectivity index (χ1v) is 7.08. The molecule has 1 rings (SSSR count). The highest BCUT2D eigenvalue weighted by atomic mass is 31.0. The van der Waals surface area contributed by atoms with E-state index in [1.165, 1.54) is 0 Å². The Morgan fingerprint density at radius 1 is 1.29 bits per heavy atom. The fourth-order valence-corrected chi connectivity index (χ4v) is 2.21. The lowest BCUT2D eigenvalue weighted by molar-refractivity contribution is -0.112. The molecule has 0 fully saturated rings. The topological polar surface area (TPSA) is 29.1 Å². The number of hydrogen-bond acceptors (Lipinski definition) is 1. The number of hydrogen-bond donors (Lipinski definition) is 1. The van der Waals surface area contributed by atoms with Gasteiger partial charge in [-0.2, -0.15) is 0 Å².